The predicted molar refractivity (Wildman–Crippen MR) is 97.3 cm³/mol. The summed E-state index contributed by atoms with van der Waals surface area (Å²) in [5.41, 5.74) is 7.23. The summed E-state index contributed by atoms with van der Waals surface area (Å²) in [7, 11) is 0. The van der Waals surface area contributed by atoms with Crippen LogP contribution in [0.25, 0.3) is 0 Å². The Hall–Kier alpha value is -1.56. The molecule has 23 heavy (non-hydrogen) atoms. The number of nitrogens with one attached hydrogen (secondary N) is 1. The molecular weight excluding hydrogens is 335 g/mol. The van der Waals surface area contributed by atoms with Crippen LogP contribution in [0.1, 0.15) is 28.7 Å². The number of imidazole rings is 1. The summed E-state index contributed by atoms with van der Waals surface area (Å²) >= 11 is 0. The number of aryl methyl sites for hydroxylation is 1. The minimum Gasteiger partial charge on any atom is -0.352 e. The zero-order chi connectivity index (χ0) is 15.2. The fraction of sp³-hybridized carbons (Fsp3) is 0.375. The van der Waals surface area contributed by atoms with Gasteiger partial charge in [0, 0.05) is 37.6 Å². The molecule has 7 heteroatoms. The summed E-state index contributed by atoms with van der Waals surface area (Å²) in [5.74, 6) is 1.28. The molecule has 128 valence electrons. The minimum absolute atomic E-state index is 0. The van der Waals surface area contributed by atoms with Crippen molar-refractivity contribution >= 4 is 30.7 Å². The second-order valence-corrected chi connectivity index (χ2v) is 5.34. The Labute approximate surface area is 149 Å². The summed E-state index contributed by atoms with van der Waals surface area (Å²) in [6, 6.07) is 7.38. The molecule has 0 radical (unpaired) electrons. The van der Waals surface area contributed by atoms with Crippen LogP contribution in [-0.2, 0) is 13.1 Å². The maximum absolute atomic E-state index is 12.1. The lowest BCUT2D eigenvalue weighted by Crippen LogP contribution is -2.30. The molecule has 0 bridgehead atoms. The number of nitrogens with zero attached hydrogens (tertiary/aromatic N) is 2. The first-order valence-corrected chi connectivity index (χ1v) is 7.15. The van der Waals surface area contributed by atoms with Gasteiger partial charge in [0.1, 0.15) is 5.82 Å². The van der Waals surface area contributed by atoms with Crippen molar-refractivity contribution in [2.24, 2.45) is 11.7 Å². The van der Waals surface area contributed by atoms with E-state index in [9.17, 15) is 4.79 Å². The van der Waals surface area contributed by atoms with E-state index >= 15 is 0 Å². The first-order chi connectivity index (χ1) is 10.1. The molecule has 0 saturated carbocycles. The number of carbonyl (C=O) groups excluding carboxylic acids is 1. The van der Waals surface area contributed by atoms with E-state index in [-0.39, 0.29) is 30.7 Å². The van der Waals surface area contributed by atoms with E-state index in [1.165, 1.54) is 0 Å². The monoisotopic (exact) mass is 358 g/mol. The van der Waals surface area contributed by atoms with Crippen LogP contribution in [-0.4, -0.2) is 22.0 Å². The highest BCUT2D eigenvalue weighted by Gasteiger charge is 2.09. The molecule has 0 aliphatic rings. The molecule has 1 unspecified atom stereocenters. The number of amides is 1. The molecule has 1 heterocycles. The maximum atomic E-state index is 12.1. The number of carbonyl (C=O) groups is 1. The summed E-state index contributed by atoms with van der Waals surface area (Å²) in [4.78, 5) is 16.3. The molecule has 2 rings (SSSR count). The van der Waals surface area contributed by atoms with Gasteiger partial charge in [-0.05, 0) is 30.5 Å². The second-order valence-electron chi connectivity index (χ2n) is 5.34. The lowest BCUT2D eigenvalue weighted by molar-refractivity contribution is 0.0947. The molecule has 0 aliphatic heterocycles. The molecule has 3 N–H and O–H groups in total. The van der Waals surface area contributed by atoms with E-state index in [1.54, 1.807) is 6.20 Å². The third-order valence-corrected chi connectivity index (χ3v) is 3.49. The number of nitrogens with two attached hydrogens (primary N) is 1. The molecule has 5 nitrogen and oxygen atoms in total. The Balaban J connectivity index is 0.00000242. The zero-order valence-electron chi connectivity index (χ0n) is 13.4. The molecule has 1 aromatic carbocycles. The molecule has 1 amide bonds. The average Bonchev–Trinajstić information content (AvgIpc) is 2.90. The lowest BCUT2D eigenvalue weighted by atomic mass is 10.1. The second kappa shape index (κ2) is 10.3. The highest BCUT2D eigenvalue weighted by Crippen LogP contribution is 2.05. The van der Waals surface area contributed by atoms with Crippen LogP contribution >= 0.6 is 24.8 Å². The van der Waals surface area contributed by atoms with E-state index in [0.29, 0.717) is 24.6 Å². The standard InChI is InChI=1S/C16H22N4O.2ClH/c1-12(11-20-8-7-18-13(20)2)10-19-16(21)15-5-3-14(9-17)4-6-15;;/h3-8,12H,9-11,17H2,1-2H3,(H,19,21);2*1H. The first kappa shape index (κ1) is 21.4. The van der Waals surface area contributed by atoms with Crippen LogP contribution in [0, 0.1) is 12.8 Å². The maximum Gasteiger partial charge on any atom is 0.251 e. The summed E-state index contributed by atoms with van der Waals surface area (Å²) in [6.07, 6.45) is 3.75. The topological polar surface area (TPSA) is 72.9 Å². The van der Waals surface area contributed by atoms with Gasteiger partial charge in [0.25, 0.3) is 5.91 Å². The van der Waals surface area contributed by atoms with Crippen LogP contribution < -0.4 is 11.1 Å². The van der Waals surface area contributed by atoms with Crippen LogP contribution in [0.4, 0.5) is 0 Å². The van der Waals surface area contributed by atoms with Crippen molar-refractivity contribution in [1.82, 2.24) is 14.9 Å². The van der Waals surface area contributed by atoms with Crippen LogP contribution in [0.3, 0.4) is 0 Å². The number of aromatic nitrogens is 2. The minimum atomic E-state index is -0.0484. The average molecular weight is 359 g/mol. The largest absolute Gasteiger partial charge is 0.352 e. The SMILES string of the molecule is Cc1nccn1CC(C)CNC(=O)c1ccc(CN)cc1.Cl.Cl. The molecule has 0 aliphatic carbocycles. The van der Waals surface area contributed by atoms with Gasteiger partial charge < -0.3 is 15.6 Å². The fourth-order valence-corrected chi connectivity index (χ4v) is 2.16. The highest BCUT2D eigenvalue weighted by atomic mass is 35.5. The summed E-state index contributed by atoms with van der Waals surface area (Å²) < 4.78 is 2.09. The van der Waals surface area contributed by atoms with E-state index < -0.39 is 0 Å². The van der Waals surface area contributed by atoms with Crippen molar-refractivity contribution in [1.29, 1.82) is 0 Å². The van der Waals surface area contributed by atoms with Crippen LogP contribution in [0.2, 0.25) is 0 Å². The number of rotatable bonds is 6. The summed E-state index contributed by atoms with van der Waals surface area (Å²) in [6.45, 7) is 6.05. The van der Waals surface area contributed by atoms with Crippen molar-refractivity contribution < 1.29 is 4.79 Å². The van der Waals surface area contributed by atoms with E-state index in [4.69, 9.17) is 5.73 Å². The predicted octanol–water partition coefficient (Wildman–Crippen LogP) is 2.56. The molecule has 0 saturated heterocycles. The molecule has 1 atom stereocenters. The zero-order valence-corrected chi connectivity index (χ0v) is 15.0. The molecule has 1 aromatic heterocycles. The van der Waals surface area contributed by atoms with Gasteiger partial charge in [-0.2, -0.15) is 0 Å². The third kappa shape index (κ3) is 6.22. The Morgan fingerprint density at radius 1 is 1.30 bits per heavy atom. The lowest BCUT2D eigenvalue weighted by Gasteiger charge is -2.14. The van der Waals surface area contributed by atoms with Crippen molar-refractivity contribution in [2.45, 2.75) is 26.9 Å². The van der Waals surface area contributed by atoms with Gasteiger partial charge in [0.05, 0.1) is 0 Å². The highest BCUT2D eigenvalue weighted by molar-refractivity contribution is 5.94. The summed E-state index contributed by atoms with van der Waals surface area (Å²) in [5, 5.41) is 2.96. The number of hydrogen-bond donors (Lipinski definition) is 2. The fourth-order valence-electron chi connectivity index (χ4n) is 2.16. The van der Waals surface area contributed by atoms with Crippen molar-refractivity contribution in [3.8, 4) is 0 Å². The van der Waals surface area contributed by atoms with Crippen molar-refractivity contribution in [3.63, 3.8) is 0 Å². The number of halogens is 2. The molecular formula is C16H24Cl2N4O. The van der Waals surface area contributed by atoms with Crippen LogP contribution in [0.15, 0.2) is 36.7 Å². The Morgan fingerprint density at radius 3 is 2.48 bits per heavy atom. The van der Waals surface area contributed by atoms with E-state index in [1.807, 2.05) is 37.4 Å². The van der Waals surface area contributed by atoms with Gasteiger partial charge in [-0.3, -0.25) is 4.79 Å². The molecule has 0 spiro atoms. The Kier molecular flexibility index (Phi) is 9.56. The van der Waals surface area contributed by atoms with Crippen molar-refractivity contribution in [2.75, 3.05) is 6.54 Å². The van der Waals surface area contributed by atoms with Gasteiger partial charge >= 0.3 is 0 Å². The first-order valence-electron chi connectivity index (χ1n) is 7.15. The van der Waals surface area contributed by atoms with E-state index in [0.717, 1.165) is 17.9 Å². The Morgan fingerprint density at radius 2 is 1.96 bits per heavy atom. The van der Waals surface area contributed by atoms with Gasteiger partial charge in [0.15, 0.2) is 0 Å². The van der Waals surface area contributed by atoms with Crippen molar-refractivity contribution in [3.05, 3.63) is 53.6 Å². The van der Waals surface area contributed by atoms with Gasteiger partial charge in [0.2, 0.25) is 0 Å². The van der Waals surface area contributed by atoms with E-state index in [2.05, 4.69) is 21.8 Å². The molecule has 2 aromatic rings. The molecule has 0 fully saturated rings. The third-order valence-electron chi connectivity index (χ3n) is 3.49. The van der Waals surface area contributed by atoms with Gasteiger partial charge in [-0.1, -0.05) is 19.1 Å². The quantitative estimate of drug-likeness (QED) is 0.833. The normalized spacial score (nSPS) is 11.1. The van der Waals surface area contributed by atoms with Gasteiger partial charge in [-0.15, -0.1) is 24.8 Å². The Bertz CT molecular complexity index is 598. The van der Waals surface area contributed by atoms with Gasteiger partial charge in [-0.25, -0.2) is 4.98 Å². The number of benzene rings is 1. The smallest absolute Gasteiger partial charge is 0.251 e. The number of hydrogen-bond acceptors (Lipinski definition) is 3. The van der Waals surface area contributed by atoms with Crippen LogP contribution in [0.5, 0.6) is 0 Å².